The van der Waals surface area contributed by atoms with Gasteiger partial charge in [-0.15, -0.1) is 0 Å². The van der Waals surface area contributed by atoms with E-state index in [0.717, 1.165) is 24.3 Å². The molecule has 0 radical (unpaired) electrons. The summed E-state index contributed by atoms with van der Waals surface area (Å²) >= 11 is 0. The molecule has 112 valence electrons. The van der Waals surface area contributed by atoms with Crippen LogP contribution in [0.15, 0.2) is 0 Å². The minimum Gasteiger partial charge on any atom is -0.354 e. The van der Waals surface area contributed by atoms with Crippen molar-refractivity contribution < 1.29 is 9.18 Å². The van der Waals surface area contributed by atoms with Gasteiger partial charge < -0.3 is 10.6 Å². The van der Waals surface area contributed by atoms with Crippen LogP contribution in [0.1, 0.15) is 44.9 Å². The van der Waals surface area contributed by atoms with Gasteiger partial charge in [-0.2, -0.15) is 0 Å². The molecule has 1 amide bonds. The fourth-order valence-electron chi connectivity index (χ4n) is 5.80. The minimum atomic E-state index is -0.856. The SMILES string of the molecule is O=C(NCC12CC3CC(CC(C3)C1)C2)[C@@H]1C[C@@H](F)CN1. The zero-order chi connectivity index (χ0) is 13.7. The smallest absolute Gasteiger partial charge is 0.237 e. The van der Waals surface area contributed by atoms with Gasteiger partial charge >= 0.3 is 0 Å². The molecule has 4 saturated carbocycles. The first-order valence-electron chi connectivity index (χ1n) is 8.27. The number of rotatable bonds is 3. The van der Waals surface area contributed by atoms with Crippen LogP contribution in [-0.2, 0) is 4.79 Å². The number of hydrogen-bond donors (Lipinski definition) is 2. The van der Waals surface area contributed by atoms with Crippen LogP contribution in [0.25, 0.3) is 0 Å². The van der Waals surface area contributed by atoms with Gasteiger partial charge in [-0.3, -0.25) is 4.79 Å². The van der Waals surface area contributed by atoms with Crippen LogP contribution >= 0.6 is 0 Å². The molecule has 5 aliphatic rings. The van der Waals surface area contributed by atoms with Gasteiger partial charge in [0.05, 0.1) is 6.04 Å². The Morgan fingerprint density at radius 2 is 1.70 bits per heavy atom. The Morgan fingerprint density at radius 3 is 2.20 bits per heavy atom. The lowest BCUT2D eigenvalue weighted by Gasteiger charge is -2.57. The number of carbonyl (C=O) groups is 1. The minimum absolute atomic E-state index is 0.0147. The molecule has 4 bridgehead atoms. The molecule has 2 N–H and O–H groups in total. The number of amides is 1. The van der Waals surface area contributed by atoms with Crippen LogP contribution in [0.4, 0.5) is 4.39 Å². The molecule has 1 heterocycles. The molecule has 0 aromatic heterocycles. The Morgan fingerprint density at radius 1 is 1.10 bits per heavy atom. The predicted molar refractivity (Wildman–Crippen MR) is 74.9 cm³/mol. The average molecular weight is 280 g/mol. The second-order valence-corrected chi connectivity index (χ2v) is 7.93. The van der Waals surface area contributed by atoms with Gasteiger partial charge in [0, 0.05) is 19.5 Å². The van der Waals surface area contributed by atoms with Crippen LogP contribution in [-0.4, -0.2) is 31.2 Å². The monoisotopic (exact) mass is 280 g/mol. The largest absolute Gasteiger partial charge is 0.354 e. The summed E-state index contributed by atoms with van der Waals surface area (Å²) in [7, 11) is 0. The van der Waals surface area contributed by atoms with Crippen molar-refractivity contribution >= 4 is 5.91 Å². The summed E-state index contributed by atoms with van der Waals surface area (Å²) in [4.78, 5) is 12.1. The van der Waals surface area contributed by atoms with E-state index in [0.29, 0.717) is 18.4 Å². The van der Waals surface area contributed by atoms with Crippen molar-refractivity contribution in [1.82, 2.24) is 10.6 Å². The highest BCUT2D eigenvalue weighted by Crippen LogP contribution is 2.59. The Balaban J connectivity index is 1.36. The van der Waals surface area contributed by atoms with Crippen molar-refractivity contribution in [3.8, 4) is 0 Å². The van der Waals surface area contributed by atoms with E-state index in [9.17, 15) is 9.18 Å². The van der Waals surface area contributed by atoms with Crippen LogP contribution < -0.4 is 10.6 Å². The van der Waals surface area contributed by atoms with E-state index >= 15 is 0 Å². The van der Waals surface area contributed by atoms with Gasteiger partial charge in [0.25, 0.3) is 0 Å². The van der Waals surface area contributed by atoms with Crippen molar-refractivity contribution in [2.75, 3.05) is 13.1 Å². The summed E-state index contributed by atoms with van der Waals surface area (Å²) in [6, 6.07) is -0.307. The van der Waals surface area contributed by atoms with E-state index < -0.39 is 6.17 Å². The number of hydrogen-bond acceptors (Lipinski definition) is 2. The van der Waals surface area contributed by atoms with E-state index in [1.165, 1.54) is 38.5 Å². The Labute approximate surface area is 120 Å². The third-order valence-electron chi connectivity index (χ3n) is 6.20. The molecule has 2 atom stereocenters. The fraction of sp³-hybridized carbons (Fsp3) is 0.938. The lowest BCUT2D eigenvalue weighted by molar-refractivity contribution is -0.125. The first-order valence-corrected chi connectivity index (χ1v) is 8.27. The predicted octanol–water partition coefficient (Wildman–Crippen LogP) is 2.02. The molecule has 3 nitrogen and oxygen atoms in total. The van der Waals surface area contributed by atoms with Gasteiger partial charge in [-0.05, 0) is 61.7 Å². The summed E-state index contributed by atoms with van der Waals surface area (Å²) in [5, 5.41) is 6.11. The normalized spacial score (nSPS) is 49.5. The van der Waals surface area contributed by atoms with E-state index in [1.54, 1.807) is 0 Å². The lowest BCUT2D eigenvalue weighted by Crippen LogP contribution is -2.52. The van der Waals surface area contributed by atoms with Gasteiger partial charge in [-0.1, -0.05) is 0 Å². The maximum Gasteiger partial charge on any atom is 0.237 e. The molecule has 1 saturated heterocycles. The quantitative estimate of drug-likeness (QED) is 0.830. The fourth-order valence-corrected chi connectivity index (χ4v) is 5.80. The third kappa shape index (κ3) is 2.26. The summed E-state index contributed by atoms with van der Waals surface area (Å²) in [6.07, 6.45) is 7.70. The number of alkyl halides is 1. The van der Waals surface area contributed by atoms with Crippen molar-refractivity contribution in [1.29, 1.82) is 0 Å². The highest BCUT2D eigenvalue weighted by atomic mass is 19.1. The van der Waals surface area contributed by atoms with Crippen LogP contribution in [0.2, 0.25) is 0 Å². The Bertz CT molecular complexity index is 376. The lowest BCUT2D eigenvalue weighted by atomic mass is 9.49. The molecule has 0 aromatic carbocycles. The van der Waals surface area contributed by atoms with Gasteiger partial charge in [0.15, 0.2) is 0 Å². The second-order valence-electron chi connectivity index (χ2n) is 7.93. The van der Waals surface area contributed by atoms with Gasteiger partial charge in [-0.25, -0.2) is 4.39 Å². The van der Waals surface area contributed by atoms with Gasteiger partial charge in [0.1, 0.15) is 6.17 Å². The molecule has 5 rings (SSSR count). The first kappa shape index (κ1) is 13.1. The summed E-state index contributed by atoms with van der Waals surface area (Å²) < 4.78 is 13.1. The zero-order valence-electron chi connectivity index (χ0n) is 12.0. The highest BCUT2D eigenvalue weighted by Gasteiger charge is 2.50. The van der Waals surface area contributed by atoms with Crippen molar-refractivity contribution in [3.05, 3.63) is 0 Å². The van der Waals surface area contributed by atoms with Crippen molar-refractivity contribution in [3.63, 3.8) is 0 Å². The Hall–Kier alpha value is -0.640. The van der Waals surface area contributed by atoms with Crippen LogP contribution in [0, 0.1) is 23.2 Å². The second kappa shape index (κ2) is 4.69. The Kier molecular flexibility index (Phi) is 3.06. The zero-order valence-corrected chi connectivity index (χ0v) is 12.0. The molecule has 0 spiro atoms. The molecular formula is C16H25FN2O. The van der Waals surface area contributed by atoms with E-state index in [-0.39, 0.29) is 11.9 Å². The van der Waals surface area contributed by atoms with Gasteiger partial charge in [0.2, 0.25) is 5.91 Å². The molecule has 5 fully saturated rings. The summed E-state index contributed by atoms with van der Waals surface area (Å²) in [5.41, 5.74) is 0.373. The summed E-state index contributed by atoms with van der Waals surface area (Å²) in [6.45, 7) is 1.15. The average Bonchev–Trinajstić information content (AvgIpc) is 2.81. The van der Waals surface area contributed by atoms with Crippen molar-refractivity contribution in [2.45, 2.75) is 57.2 Å². The van der Waals surface area contributed by atoms with Crippen LogP contribution in [0.5, 0.6) is 0 Å². The topological polar surface area (TPSA) is 41.1 Å². The van der Waals surface area contributed by atoms with Crippen molar-refractivity contribution in [2.24, 2.45) is 23.2 Å². The molecule has 20 heavy (non-hydrogen) atoms. The molecule has 4 heteroatoms. The van der Waals surface area contributed by atoms with E-state index in [4.69, 9.17) is 0 Å². The number of nitrogens with one attached hydrogen (secondary N) is 2. The highest BCUT2D eigenvalue weighted by molar-refractivity contribution is 5.82. The first-order chi connectivity index (χ1) is 9.62. The van der Waals surface area contributed by atoms with E-state index in [1.807, 2.05) is 0 Å². The molecule has 0 unspecified atom stereocenters. The molecule has 1 aliphatic heterocycles. The number of halogens is 1. The molecule has 4 aliphatic carbocycles. The molecular weight excluding hydrogens is 255 g/mol. The van der Waals surface area contributed by atoms with E-state index in [2.05, 4.69) is 10.6 Å². The standard InChI is InChI=1S/C16H25FN2O/c17-13-4-14(18-8-13)15(20)19-9-16-5-10-1-11(6-16)3-12(2-10)7-16/h10-14,18H,1-9H2,(H,19,20)/t10?,11?,12?,13-,14+,16?/m1/s1. The van der Waals surface area contributed by atoms with Crippen LogP contribution in [0.3, 0.4) is 0 Å². The summed E-state index contributed by atoms with van der Waals surface area (Å²) in [5.74, 6) is 2.76. The maximum atomic E-state index is 13.1. The molecule has 0 aromatic rings. The third-order valence-corrected chi connectivity index (χ3v) is 6.20. The number of carbonyl (C=O) groups excluding carboxylic acids is 1. The maximum absolute atomic E-state index is 13.1.